The summed E-state index contributed by atoms with van der Waals surface area (Å²) in [5.74, 6) is -0.0107. The predicted molar refractivity (Wildman–Crippen MR) is 50.9 cm³/mol. The number of benzene rings is 1. The van der Waals surface area contributed by atoms with Crippen LogP contribution in [-0.2, 0) is 26.9 Å². The van der Waals surface area contributed by atoms with Crippen LogP contribution in [0.3, 0.4) is 0 Å². The Morgan fingerprint density at radius 2 is 1.73 bits per heavy atom. The highest BCUT2D eigenvalue weighted by atomic mass is 32.7. The lowest BCUT2D eigenvalue weighted by atomic mass is 10.1. The van der Waals surface area contributed by atoms with Gasteiger partial charge in [0.25, 0.3) is 7.66 Å². The summed E-state index contributed by atoms with van der Waals surface area (Å²) in [6.45, 7) is 0. The van der Waals surface area contributed by atoms with Crippen LogP contribution in [0.4, 0.5) is 13.2 Å². The van der Waals surface area contributed by atoms with Gasteiger partial charge in [0.2, 0.25) is 0 Å². The second kappa shape index (κ2) is 4.86. The van der Waals surface area contributed by atoms with E-state index in [4.69, 9.17) is 0 Å². The molecule has 0 fully saturated rings. The standard InChI is InChI=1S/C8H6F3O2PS/c9-8(10,11)7-3-1-6(2-4-7)5-15(13)14-12/h1-4H,5H2. The molecule has 82 valence electrons. The highest BCUT2D eigenvalue weighted by molar-refractivity contribution is 8.34. The second-order valence-electron chi connectivity index (χ2n) is 2.74. The molecule has 0 aliphatic carbocycles. The van der Waals surface area contributed by atoms with Crippen LogP contribution >= 0.6 is 7.66 Å². The van der Waals surface area contributed by atoms with Crippen molar-refractivity contribution in [1.82, 2.24) is 0 Å². The minimum Gasteiger partial charge on any atom is -0.259 e. The minimum atomic E-state index is -4.37. The van der Waals surface area contributed by atoms with E-state index in [-0.39, 0.29) is 5.75 Å². The van der Waals surface area contributed by atoms with E-state index in [1.165, 1.54) is 12.1 Å². The molecule has 0 heterocycles. The molecule has 0 aromatic heterocycles. The van der Waals surface area contributed by atoms with E-state index in [9.17, 15) is 21.9 Å². The molecule has 0 amide bonds. The maximum Gasteiger partial charge on any atom is 0.416 e. The normalized spacial score (nSPS) is 14.1. The van der Waals surface area contributed by atoms with Crippen molar-refractivity contribution in [2.75, 3.05) is 0 Å². The SMILES string of the molecule is O=PS(=O)Cc1ccc(C(F)(F)F)cc1. The average Bonchev–Trinajstić information content (AvgIpc) is 2.17. The van der Waals surface area contributed by atoms with Crippen LogP contribution in [0, 0.1) is 0 Å². The van der Waals surface area contributed by atoms with Crippen molar-refractivity contribution in [3.05, 3.63) is 35.4 Å². The first-order valence-corrected chi connectivity index (χ1v) is 6.55. The van der Waals surface area contributed by atoms with Crippen molar-refractivity contribution in [2.45, 2.75) is 11.9 Å². The first kappa shape index (κ1) is 12.3. The van der Waals surface area contributed by atoms with E-state index in [1.54, 1.807) is 0 Å². The van der Waals surface area contributed by atoms with E-state index in [2.05, 4.69) is 0 Å². The maximum atomic E-state index is 12.1. The van der Waals surface area contributed by atoms with Crippen LogP contribution in [0.1, 0.15) is 11.1 Å². The monoisotopic (exact) mass is 254 g/mol. The molecule has 1 atom stereocenters. The Balaban J connectivity index is 2.81. The maximum absolute atomic E-state index is 12.1. The van der Waals surface area contributed by atoms with Gasteiger partial charge in [-0.2, -0.15) is 13.2 Å². The molecule has 0 bridgehead atoms. The van der Waals surface area contributed by atoms with Crippen LogP contribution < -0.4 is 0 Å². The average molecular weight is 254 g/mol. The Kier molecular flexibility index (Phi) is 3.99. The van der Waals surface area contributed by atoms with Crippen molar-refractivity contribution in [2.24, 2.45) is 0 Å². The molecule has 0 N–H and O–H groups in total. The second-order valence-corrected chi connectivity index (χ2v) is 5.48. The number of alkyl halides is 3. The molecule has 1 aromatic carbocycles. The molecule has 0 aliphatic heterocycles. The van der Waals surface area contributed by atoms with E-state index in [0.29, 0.717) is 5.56 Å². The third-order valence-corrected chi connectivity index (χ3v) is 3.29. The first-order chi connectivity index (χ1) is 6.93. The fourth-order valence-corrected chi connectivity index (χ4v) is 2.09. The topological polar surface area (TPSA) is 34.1 Å². The highest BCUT2D eigenvalue weighted by Crippen LogP contribution is 2.29. The summed E-state index contributed by atoms with van der Waals surface area (Å²) in [6.07, 6.45) is -4.37. The molecule has 1 rings (SSSR count). The summed E-state index contributed by atoms with van der Waals surface area (Å²) in [6, 6.07) is 4.28. The molecule has 0 saturated carbocycles. The Labute approximate surface area is 87.9 Å². The Morgan fingerprint density at radius 3 is 2.13 bits per heavy atom. The molecular weight excluding hydrogens is 248 g/mol. The van der Waals surface area contributed by atoms with Crippen molar-refractivity contribution >= 4 is 18.1 Å². The van der Waals surface area contributed by atoms with Gasteiger partial charge in [0.1, 0.15) is 10.4 Å². The van der Waals surface area contributed by atoms with Crippen LogP contribution in [0.15, 0.2) is 24.3 Å². The van der Waals surface area contributed by atoms with Crippen LogP contribution in [0.2, 0.25) is 0 Å². The summed E-state index contributed by atoms with van der Waals surface area (Å²) in [5, 5.41) is 0. The van der Waals surface area contributed by atoms with Crippen LogP contribution in [0.5, 0.6) is 0 Å². The number of rotatable bonds is 3. The van der Waals surface area contributed by atoms with E-state index < -0.39 is 29.8 Å². The van der Waals surface area contributed by atoms with Gasteiger partial charge in [0, 0.05) is 0 Å². The van der Waals surface area contributed by atoms with Gasteiger partial charge in [-0.15, -0.1) is 0 Å². The smallest absolute Gasteiger partial charge is 0.259 e. The Morgan fingerprint density at radius 1 is 1.20 bits per heavy atom. The van der Waals surface area contributed by atoms with Gasteiger partial charge in [-0.05, 0) is 17.7 Å². The molecule has 0 aliphatic rings. The van der Waals surface area contributed by atoms with Gasteiger partial charge in [-0.25, -0.2) is 4.21 Å². The van der Waals surface area contributed by atoms with Crippen LogP contribution in [0.25, 0.3) is 0 Å². The van der Waals surface area contributed by atoms with Gasteiger partial charge in [0.15, 0.2) is 0 Å². The van der Waals surface area contributed by atoms with E-state index >= 15 is 0 Å². The van der Waals surface area contributed by atoms with Crippen molar-refractivity contribution in [3.8, 4) is 0 Å². The molecule has 15 heavy (non-hydrogen) atoms. The summed E-state index contributed by atoms with van der Waals surface area (Å²) in [5.41, 5.74) is -0.290. The fraction of sp³-hybridized carbons (Fsp3) is 0.250. The van der Waals surface area contributed by atoms with Gasteiger partial charge in [-0.1, -0.05) is 12.1 Å². The third kappa shape index (κ3) is 3.72. The quantitative estimate of drug-likeness (QED) is 0.776. The summed E-state index contributed by atoms with van der Waals surface area (Å²) in [4.78, 5) is 0. The largest absolute Gasteiger partial charge is 0.416 e. The molecule has 1 unspecified atom stereocenters. The predicted octanol–water partition coefficient (Wildman–Crippen LogP) is 3.16. The molecule has 7 heteroatoms. The van der Waals surface area contributed by atoms with Gasteiger partial charge < -0.3 is 0 Å². The Hall–Kier alpha value is -0.740. The van der Waals surface area contributed by atoms with Crippen molar-refractivity contribution in [1.29, 1.82) is 0 Å². The van der Waals surface area contributed by atoms with Gasteiger partial charge in [-0.3, -0.25) is 4.57 Å². The minimum absolute atomic E-state index is 0.0107. The molecule has 0 spiro atoms. The lowest BCUT2D eigenvalue weighted by molar-refractivity contribution is -0.137. The number of hydrogen-bond donors (Lipinski definition) is 0. The third-order valence-electron chi connectivity index (χ3n) is 1.65. The molecule has 2 nitrogen and oxygen atoms in total. The van der Waals surface area contributed by atoms with Crippen molar-refractivity contribution in [3.63, 3.8) is 0 Å². The zero-order valence-corrected chi connectivity index (χ0v) is 9.03. The summed E-state index contributed by atoms with van der Waals surface area (Å²) >= 11 is 0. The zero-order chi connectivity index (χ0) is 11.5. The number of hydrogen-bond acceptors (Lipinski definition) is 2. The highest BCUT2D eigenvalue weighted by Gasteiger charge is 2.29. The van der Waals surface area contributed by atoms with Crippen molar-refractivity contribution < 1.29 is 21.9 Å². The molecular formula is C8H6F3O2PS. The fourth-order valence-electron chi connectivity index (χ4n) is 0.959. The molecule has 1 aromatic rings. The molecule has 0 saturated heterocycles. The summed E-state index contributed by atoms with van der Waals surface area (Å²) < 4.78 is 57.4. The van der Waals surface area contributed by atoms with Crippen LogP contribution in [-0.4, -0.2) is 4.21 Å². The first-order valence-electron chi connectivity index (χ1n) is 3.81. The Bertz CT molecular complexity index is 374. The van der Waals surface area contributed by atoms with Gasteiger partial charge in [0.05, 0.1) is 11.3 Å². The lowest BCUT2D eigenvalue weighted by Gasteiger charge is -2.06. The summed E-state index contributed by atoms with van der Waals surface area (Å²) in [7, 11) is -2.08. The number of halogens is 3. The van der Waals surface area contributed by atoms with E-state index in [1.807, 2.05) is 0 Å². The van der Waals surface area contributed by atoms with Gasteiger partial charge >= 0.3 is 6.18 Å². The lowest BCUT2D eigenvalue weighted by Crippen LogP contribution is -2.04. The molecule has 0 radical (unpaired) electrons. The zero-order valence-electron chi connectivity index (χ0n) is 7.32. The van der Waals surface area contributed by atoms with E-state index in [0.717, 1.165) is 12.1 Å².